The summed E-state index contributed by atoms with van der Waals surface area (Å²) in [5, 5.41) is 0. The van der Waals surface area contributed by atoms with Crippen LogP contribution >= 0.6 is 0 Å². The highest BCUT2D eigenvalue weighted by atomic mass is 19.1. The molecule has 0 spiro atoms. The van der Waals surface area contributed by atoms with E-state index in [1.807, 2.05) is 0 Å². The molecule has 102 valence electrons. The summed E-state index contributed by atoms with van der Waals surface area (Å²) in [6, 6.07) is 3.22. The summed E-state index contributed by atoms with van der Waals surface area (Å²) in [6.45, 7) is 8.64. The maximum atomic E-state index is 13.6. The highest BCUT2D eigenvalue weighted by Gasteiger charge is 2.19. The molecule has 1 rings (SSSR count). The fourth-order valence-corrected chi connectivity index (χ4v) is 2.49. The Kier molecular flexibility index (Phi) is 4.85. The molecule has 2 N–H and O–H groups in total. The summed E-state index contributed by atoms with van der Waals surface area (Å²) in [5.74, 6) is -0.707. The van der Waals surface area contributed by atoms with Crippen LogP contribution in [0.15, 0.2) is 18.2 Å². The largest absolute Gasteiger partial charge is 0.324 e. The lowest BCUT2D eigenvalue weighted by atomic mass is 9.82. The SMILES string of the molecule is CC(CC(N)c1ccc(F)cc1F)CC(C)(C)C. The highest BCUT2D eigenvalue weighted by Crippen LogP contribution is 2.30. The van der Waals surface area contributed by atoms with Gasteiger partial charge in [0.25, 0.3) is 0 Å². The molecule has 0 heterocycles. The lowest BCUT2D eigenvalue weighted by Crippen LogP contribution is -2.19. The normalized spacial score (nSPS) is 15.5. The van der Waals surface area contributed by atoms with Crippen molar-refractivity contribution in [2.24, 2.45) is 17.1 Å². The molecule has 0 aliphatic rings. The molecule has 2 atom stereocenters. The van der Waals surface area contributed by atoms with Gasteiger partial charge in [0.1, 0.15) is 11.6 Å². The molecule has 0 aliphatic heterocycles. The van der Waals surface area contributed by atoms with Crippen molar-refractivity contribution in [3.8, 4) is 0 Å². The van der Waals surface area contributed by atoms with Crippen molar-refractivity contribution in [2.45, 2.75) is 46.6 Å². The zero-order chi connectivity index (χ0) is 13.9. The number of benzene rings is 1. The first-order chi connectivity index (χ1) is 8.19. The van der Waals surface area contributed by atoms with Crippen LogP contribution in [0, 0.1) is 23.0 Å². The molecule has 0 fully saturated rings. The second-order valence-corrected chi connectivity index (χ2v) is 6.38. The molecule has 0 bridgehead atoms. The smallest absolute Gasteiger partial charge is 0.130 e. The molecule has 1 aromatic carbocycles. The predicted octanol–water partition coefficient (Wildman–Crippen LogP) is 4.43. The van der Waals surface area contributed by atoms with E-state index in [-0.39, 0.29) is 11.5 Å². The summed E-state index contributed by atoms with van der Waals surface area (Å²) in [4.78, 5) is 0. The van der Waals surface area contributed by atoms with Crippen LogP contribution in [0.1, 0.15) is 52.1 Å². The van der Waals surface area contributed by atoms with Crippen LogP contribution < -0.4 is 5.73 Å². The zero-order valence-corrected chi connectivity index (χ0v) is 11.6. The third-order valence-electron chi connectivity index (χ3n) is 2.98. The summed E-state index contributed by atoms with van der Waals surface area (Å²) in [5.41, 5.74) is 6.64. The van der Waals surface area contributed by atoms with Gasteiger partial charge in [0.2, 0.25) is 0 Å². The molecule has 0 aliphatic carbocycles. The van der Waals surface area contributed by atoms with Crippen LogP contribution in [-0.2, 0) is 0 Å². The minimum atomic E-state index is -0.564. The Balaban J connectivity index is 2.67. The lowest BCUT2D eigenvalue weighted by molar-refractivity contribution is 0.285. The lowest BCUT2D eigenvalue weighted by Gasteiger charge is -2.25. The fourth-order valence-electron chi connectivity index (χ4n) is 2.49. The standard InChI is InChI=1S/C15H23F2N/c1-10(9-15(2,3)4)7-14(18)12-6-5-11(16)8-13(12)17/h5-6,8,10,14H,7,9,18H2,1-4H3. The molecule has 1 aromatic rings. The maximum Gasteiger partial charge on any atom is 0.130 e. The van der Waals surface area contributed by atoms with Gasteiger partial charge >= 0.3 is 0 Å². The van der Waals surface area contributed by atoms with Gasteiger partial charge in [-0.25, -0.2) is 8.78 Å². The van der Waals surface area contributed by atoms with Gasteiger partial charge in [-0.1, -0.05) is 33.8 Å². The van der Waals surface area contributed by atoms with E-state index >= 15 is 0 Å². The fraction of sp³-hybridized carbons (Fsp3) is 0.600. The third-order valence-corrected chi connectivity index (χ3v) is 2.98. The van der Waals surface area contributed by atoms with Crippen LogP contribution in [0.4, 0.5) is 8.78 Å². The minimum Gasteiger partial charge on any atom is -0.324 e. The Morgan fingerprint density at radius 1 is 1.22 bits per heavy atom. The number of halogens is 2. The first-order valence-electron chi connectivity index (χ1n) is 6.39. The van der Waals surface area contributed by atoms with Gasteiger partial charge in [0.15, 0.2) is 0 Å². The van der Waals surface area contributed by atoms with Crippen LogP contribution in [0.25, 0.3) is 0 Å². The molecule has 0 saturated carbocycles. The first kappa shape index (κ1) is 15.1. The van der Waals surface area contributed by atoms with Crippen molar-refractivity contribution in [1.29, 1.82) is 0 Å². The summed E-state index contributed by atoms with van der Waals surface area (Å²) >= 11 is 0. The quantitative estimate of drug-likeness (QED) is 0.846. The Labute approximate surface area is 108 Å². The molecular weight excluding hydrogens is 232 g/mol. The first-order valence-corrected chi connectivity index (χ1v) is 6.39. The molecule has 18 heavy (non-hydrogen) atoms. The molecule has 0 amide bonds. The number of hydrogen-bond donors (Lipinski definition) is 1. The average Bonchev–Trinajstić information content (AvgIpc) is 2.13. The highest BCUT2D eigenvalue weighted by molar-refractivity contribution is 5.21. The van der Waals surface area contributed by atoms with Crippen molar-refractivity contribution >= 4 is 0 Å². The van der Waals surface area contributed by atoms with Crippen molar-refractivity contribution < 1.29 is 8.78 Å². The summed E-state index contributed by atoms with van der Waals surface area (Å²) < 4.78 is 26.4. The van der Waals surface area contributed by atoms with E-state index in [2.05, 4.69) is 27.7 Å². The molecule has 0 aromatic heterocycles. The zero-order valence-electron chi connectivity index (χ0n) is 11.6. The van der Waals surface area contributed by atoms with Gasteiger partial charge in [-0.05, 0) is 30.2 Å². The Bertz CT molecular complexity index is 396. The van der Waals surface area contributed by atoms with Crippen molar-refractivity contribution in [1.82, 2.24) is 0 Å². The molecule has 0 saturated heterocycles. The van der Waals surface area contributed by atoms with Crippen molar-refractivity contribution in [2.75, 3.05) is 0 Å². The average molecular weight is 255 g/mol. The molecular formula is C15H23F2N. The topological polar surface area (TPSA) is 26.0 Å². The van der Waals surface area contributed by atoms with E-state index in [0.29, 0.717) is 17.9 Å². The van der Waals surface area contributed by atoms with E-state index in [0.717, 1.165) is 12.5 Å². The van der Waals surface area contributed by atoms with E-state index < -0.39 is 11.6 Å². The van der Waals surface area contributed by atoms with Gasteiger partial charge in [0, 0.05) is 17.7 Å². The second kappa shape index (κ2) is 5.79. The Morgan fingerprint density at radius 2 is 1.83 bits per heavy atom. The molecule has 2 unspecified atom stereocenters. The molecule has 1 nitrogen and oxygen atoms in total. The van der Waals surface area contributed by atoms with Gasteiger partial charge < -0.3 is 5.73 Å². The van der Waals surface area contributed by atoms with E-state index in [1.54, 1.807) is 0 Å². The van der Waals surface area contributed by atoms with E-state index in [9.17, 15) is 8.78 Å². The number of hydrogen-bond acceptors (Lipinski definition) is 1. The summed E-state index contributed by atoms with van der Waals surface area (Å²) in [7, 11) is 0. The van der Waals surface area contributed by atoms with Gasteiger partial charge in [-0.2, -0.15) is 0 Å². The van der Waals surface area contributed by atoms with Gasteiger partial charge in [-0.3, -0.25) is 0 Å². The Hall–Kier alpha value is -0.960. The third kappa shape index (κ3) is 4.73. The predicted molar refractivity (Wildman–Crippen MR) is 71.1 cm³/mol. The van der Waals surface area contributed by atoms with Crippen molar-refractivity contribution in [3.05, 3.63) is 35.4 Å². The van der Waals surface area contributed by atoms with Crippen LogP contribution in [0.5, 0.6) is 0 Å². The maximum absolute atomic E-state index is 13.6. The van der Waals surface area contributed by atoms with Gasteiger partial charge in [-0.15, -0.1) is 0 Å². The molecule has 0 radical (unpaired) electrons. The monoisotopic (exact) mass is 255 g/mol. The van der Waals surface area contributed by atoms with Gasteiger partial charge in [0.05, 0.1) is 0 Å². The second-order valence-electron chi connectivity index (χ2n) is 6.38. The minimum absolute atomic E-state index is 0.237. The van der Waals surface area contributed by atoms with Crippen molar-refractivity contribution in [3.63, 3.8) is 0 Å². The van der Waals surface area contributed by atoms with Crippen LogP contribution in [0.2, 0.25) is 0 Å². The van der Waals surface area contributed by atoms with E-state index in [1.165, 1.54) is 12.1 Å². The van der Waals surface area contributed by atoms with E-state index in [4.69, 9.17) is 5.73 Å². The Morgan fingerprint density at radius 3 is 2.33 bits per heavy atom. The number of nitrogens with two attached hydrogens (primary N) is 1. The number of rotatable bonds is 4. The summed E-state index contributed by atoms with van der Waals surface area (Å²) in [6.07, 6.45) is 1.74. The molecule has 3 heteroatoms. The van der Waals surface area contributed by atoms with Crippen LogP contribution in [-0.4, -0.2) is 0 Å². The van der Waals surface area contributed by atoms with Crippen LogP contribution in [0.3, 0.4) is 0 Å².